The molecular weight excluding hydrogens is 362 g/mol. The molecule has 0 spiro atoms. The van der Waals surface area contributed by atoms with Crippen molar-refractivity contribution in [2.45, 2.75) is 13.5 Å². The lowest BCUT2D eigenvalue weighted by Gasteiger charge is -2.11. The average molecular weight is 383 g/mol. The average Bonchev–Trinajstić information content (AvgIpc) is 3.13. The van der Waals surface area contributed by atoms with Crippen molar-refractivity contribution in [1.29, 1.82) is 5.26 Å². The zero-order chi connectivity index (χ0) is 20.5. The van der Waals surface area contributed by atoms with Crippen LogP contribution in [0.15, 0.2) is 60.8 Å². The Morgan fingerprint density at radius 3 is 2.66 bits per heavy atom. The number of anilines is 1. The first-order valence-corrected chi connectivity index (χ1v) is 9.26. The van der Waals surface area contributed by atoms with Gasteiger partial charge < -0.3 is 20.1 Å². The number of nitrogens with two attached hydrogens (primary N) is 1. The summed E-state index contributed by atoms with van der Waals surface area (Å²) < 4.78 is 7.39. The van der Waals surface area contributed by atoms with Crippen LogP contribution in [0.4, 0.5) is 5.69 Å². The number of fused-ring (bicyclic) bond motifs is 1. The number of hydrogen-bond acceptors (Lipinski definition) is 4. The molecule has 0 aliphatic heterocycles. The SMILES string of the molecule is COc1ccc(-n2cc(-c3cccc(N)c3C)c3cc(C#N)ccc32)cc1CO. The summed E-state index contributed by atoms with van der Waals surface area (Å²) in [6.45, 7) is 1.88. The lowest BCUT2D eigenvalue weighted by atomic mass is 9.98. The summed E-state index contributed by atoms with van der Waals surface area (Å²) in [5.74, 6) is 0.645. The topological polar surface area (TPSA) is 84.2 Å². The number of hydrogen-bond donors (Lipinski definition) is 2. The maximum absolute atomic E-state index is 9.71. The molecule has 0 unspecified atom stereocenters. The molecule has 29 heavy (non-hydrogen) atoms. The van der Waals surface area contributed by atoms with Gasteiger partial charge in [-0.1, -0.05) is 12.1 Å². The van der Waals surface area contributed by atoms with E-state index in [0.717, 1.165) is 39.0 Å². The number of aliphatic hydroxyl groups excluding tert-OH is 1. The predicted molar refractivity (Wildman–Crippen MR) is 115 cm³/mol. The van der Waals surface area contributed by atoms with E-state index in [9.17, 15) is 10.4 Å². The second-order valence-corrected chi connectivity index (χ2v) is 6.93. The highest BCUT2D eigenvalue weighted by atomic mass is 16.5. The smallest absolute Gasteiger partial charge is 0.124 e. The zero-order valence-electron chi connectivity index (χ0n) is 16.3. The number of methoxy groups -OCH3 is 1. The molecule has 0 saturated heterocycles. The van der Waals surface area contributed by atoms with Crippen LogP contribution < -0.4 is 10.5 Å². The Balaban J connectivity index is 2.02. The van der Waals surface area contributed by atoms with Crippen molar-refractivity contribution in [3.63, 3.8) is 0 Å². The molecule has 0 bridgehead atoms. The van der Waals surface area contributed by atoms with E-state index >= 15 is 0 Å². The van der Waals surface area contributed by atoms with E-state index < -0.39 is 0 Å². The molecular formula is C24H21N3O2. The fourth-order valence-corrected chi connectivity index (χ4v) is 3.71. The number of aliphatic hydroxyl groups is 1. The molecule has 3 N–H and O–H groups in total. The summed E-state index contributed by atoms with van der Waals surface area (Å²) in [6, 6.07) is 19.5. The van der Waals surface area contributed by atoms with Crippen LogP contribution in [0.3, 0.4) is 0 Å². The van der Waals surface area contributed by atoms with Gasteiger partial charge in [0, 0.05) is 34.1 Å². The third-order valence-corrected chi connectivity index (χ3v) is 5.31. The Bertz CT molecular complexity index is 1270. The lowest BCUT2D eigenvalue weighted by molar-refractivity contribution is 0.274. The number of nitrogens with zero attached hydrogens (tertiary/aromatic N) is 2. The lowest BCUT2D eigenvalue weighted by Crippen LogP contribution is -1.97. The monoisotopic (exact) mass is 383 g/mol. The molecule has 144 valence electrons. The Kier molecular flexibility index (Phi) is 4.71. The minimum absolute atomic E-state index is 0.115. The highest BCUT2D eigenvalue weighted by Gasteiger charge is 2.16. The van der Waals surface area contributed by atoms with Crippen molar-refractivity contribution in [3.8, 4) is 28.6 Å². The molecule has 0 fully saturated rings. The Labute approximate surface area is 169 Å². The third kappa shape index (κ3) is 3.10. The standard InChI is InChI=1S/C24H21N3O2/c1-15-19(4-3-5-22(15)26)21-13-27(23-8-6-16(12-25)10-20(21)23)18-7-9-24(29-2)17(11-18)14-28/h3-11,13,28H,14,26H2,1-2H3. The molecule has 1 heterocycles. The van der Waals surface area contributed by atoms with E-state index in [2.05, 4.69) is 16.8 Å². The van der Waals surface area contributed by atoms with Crippen molar-refractivity contribution < 1.29 is 9.84 Å². The summed E-state index contributed by atoms with van der Waals surface area (Å²) in [5.41, 5.74) is 13.1. The molecule has 1 aromatic heterocycles. The number of nitriles is 1. The first-order chi connectivity index (χ1) is 14.1. The summed E-state index contributed by atoms with van der Waals surface area (Å²) in [6.07, 6.45) is 2.05. The molecule has 0 radical (unpaired) electrons. The second kappa shape index (κ2) is 7.34. The van der Waals surface area contributed by atoms with Crippen LogP contribution in [0.2, 0.25) is 0 Å². The molecule has 0 atom stereocenters. The molecule has 4 aromatic rings. The minimum Gasteiger partial charge on any atom is -0.496 e. The molecule has 0 amide bonds. The second-order valence-electron chi connectivity index (χ2n) is 6.93. The van der Waals surface area contributed by atoms with Gasteiger partial charge in [-0.05, 0) is 60.5 Å². The van der Waals surface area contributed by atoms with Crippen molar-refractivity contribution in [3.05, 3.63) is 77.5 Å². The third-order valence-electron chi connectivity index (χ3n) is 5.31. The highest BCUT2D eigenvalue weighted by Crippen LogP contribution is 2.37. The molecule has 3 aromatic carbocycles. The van der Waals surface area contributed by atoms with E-state index in [0.29, 0.717) is 16.9 Å². The van der Waals surface area contributed by atoms with Crippen molar-refractivity contribution in [1.82, 2.24) is 4.57 Å². The molecule has 0 aliphatic rings. The van der Waals surface area contributed by atoms with Gasteiger partial charge in [0.25, 0.3) is 0 Å². The van der Waals surface area contributed by atoms with Crippen LogP contribution in [0.25, 0.3) is 27.7 Å². The Morgan fingerprint density at radius 2 is 1.93 bits per heavy atom. The fourth-order valence-electron chi connectivity index (χ4n) is 3.71. The minimum atomic E-state index is -0.115. The van der Waals surface area contributed by atoms with Crippen LogP contribution >= 0.6 is 0 Å². The van der Waals surface area contributed by atoms with Gasteiger partial charge in [-0.2, -0.15) is 5.26 Å². The molecule has 0 saturated carbocycles. The fraction of sp³-hybridized carbons (Fsp3) is 0.125. The van der Waals surface area contributed by atoms with Crippen molar-refractivity contribution in [2.75, 3.05) is 12.8 Å². The van der Waals surface area contributed by atoms with Gasteiger partial charge in [0.15, 0.2) is 0 Å². The number of ether oxygens (including phenoxy) is 1. The largest absolute Gasteiger partial charge is 0.496 e. The van der Waals surface area contributed by atoms with Gasteiger partial charge >= 0.3 is 0 Å². The Hall–Kier alpha value is -3.75. The molecule has 0 aliphatic carbocycles. The first kappa shape index (κ1) is 18.6. The van der Waals surface area contributed by atoms with Gasteiger partial charge in [-0.3, -0.25) is 0 Å². The summed E-state index contributed by atoms with van der Waals surface area (Å²) in [7, 11) is 1.59. The first-order valence-electron chi connectivity index (χ1n) is 9.26. The van der Waals surface area contributed by atoms with E-state index in [1.807, 2.05) is 61.5 Å². The zero-order valence-corrected chi connectivity index (χ0v) is 16.3. The quantitative estimate of drug-likeness (QED) is 0.506. The van der Waals surface area contributed by atoms with Gasteiger partial charge in [0.1, 0.15) is 5.75 Å². The van der Waals surface area contributed by atoms with Crippen molar-refractivity contribution >= 4 is 16.6 Å². The predicted octanol–water partition coefficient (Wildman–Crippen LogP) is 4.56. The van der Waals surface area contributed by atoms with Crippen molar-refractivity contribution in [2.24, 2.45) is 0 Å². The van der Waals surface area contributed by atoms with Crippen LogP contribution in [0.1, 0.15) is 16.7 Å². The van der Waals surface area contributed by atoms with Crippen LogP contribution in [-0.4, -0.2) is 16.8 Å². The maximum atomic E-state index is 9.71. The van der Waals surface area contributed by atoms with Gasteiger partial charge in [0.2, 0.25) is 0 Å². The van der Waals surface area contributed by atoms with Gasteiger partial charge in [-0.25, -0.2) is 0 Å². The number of rotatable bonds is 4. The number of aromatic nitrogens is 1. The van der Waals surface area contributed by atoms with E-state index in [4.69, 9.17) is 10.5 Å². The summed E-state index contributed by atoms with van der Waals surface area (Å²) >= 11 is 0. The number of nitrogen functional groups attached to an aromatic ring is 1. The van der Waals surface area contributed by atoms with Gasteiger partial charge in [-0.15, -0.1) is 0 Å². The van der Waals surface area contributed by atoms with E-state index in [1.165, 1.54) is 0 Å². The Morgan fingerprint density at radius 1 is 1.10 bits per heavy atom. The molecule has 5 heteroatoms. The van der Waals surface area contributed by atoms with Crippen LogP contribution in [0, 0.1) is 18.3 Å². The highest BCUT2D eigenvalue weighted by molar-refractivity contribution is 5.99. The normalized spacial score (nSPS) is 10.8. The summed E-state index contributed by atoms with van der Waals surface area (Å²) in [4.78, 5) is 0. The van der Waals surface area contributed by atoms with Crippen LogP contribution in [0.5, 0.6) is 5.75 Å². The molecule has 4 rings (SSSR count). The van der Waals surface area contributed by atoms with Crippen LogP contribution in [-0.2, 0) is 6.61 Å². The van der Waals surface area contributed by atoms with Gasteiger partial charge in [0.05, 0.1) is 30.9 Å². The summed E-state index contributed by atoms with van der Waals surface area (Å²) in [5, 5.41) is 20.1. The van der Waals surface area contributed by atoms with E-state index in [1.54, 1.807) is 7.11 Å². The maximum Gasteiger partial charge on any atom is 0.124 e. The number of benzene rings is 3. The molecule has 5 nitrogen and oxygen atoms in total. The van der Waals surface area contributed by atoms with E-state index in [-0.39, 0.29) is 6.61 Å².